The molecule has 2 aromatic rings. The summed E-state index contributed by atoms with van der Waals surface area (Å²) in [7, 11) is 0. The third-order valence-electron chi connectivity index (χ3n) is 5.47. The third kappa shape index (κ3) is 4.20. The maximum atomic E-state index is 12.4. The van der Waals surface area contributed by atoms with Gasteiger partial charge in [0.1, 0.15) is 0 Å². The molecule has 2 aliphatic rings. The number of carbonyl (C=O) groups excluding carboxylic acids is 1. The van der Waals surface area contributed by atoms with Gasteiger partial charge in [0.2, 0.25) is 17.6 Å². The highest BCUT2D eigenvalue weighted by molar-refractivity contribution is 5.76. The van der Waals surface area contributed by atoms with Crippen LogP contribution in [0.1, 0.15) is 38.1 Å². The Bertz CT molecular complexity index is 750. The Morgan fingerprint density at radius 1 is 1.22 bits per heavy atom. The van der Waals surface area contributed by atoms with Crippen molar-refractivity contribution in [1.29, 1.82) is 0 Å². The van der Waals surface area contributed by atoms with Crippen molar-refractivity contribution in [1.82, 2.24) is 19.9 Å². The van der Waals surface area contributed by atoms with Gasteiger partial charge in [0, 0.05) is 38.3 Å². The van der Waals surface area contributed by atoms with E-state index in [0.29, 0.717) is 18.1 Å². The lowest BCUT2D eigenvalue weighted by atomic mass is 10.1. The zero-order valence-corrected chi connectivity index (χ0v) is 15.7. The molecule has 1 aromatic heterocycles. The van der Waals surface area contributed by atoms with Crippen LogP contribution < -0.4 is 0 Å². The van der Waals surface area contributed by atoms with E-state index >= 15 is 0 Å². The minimum atomic E-state index is 0.0328. The zero-order valence-electron chi connectivity index (χ0n) is 15.7. The van der Waals surface area contributed by atoms with E-state index in [1.54, 1.807) is 0 Å². The standard InChI is InChI=1S/C20H26N4O3/c1-15(20-21-19(22-27-20)16-6-3-2-4-7-16)23-9-11-24(12-10-23)18(25)14-17-8-5-13-26-17/h2-4,6-7,15,17H,5,8-14H2,1H3. The Morgan fingerprint density at radius 3 is 2.70 bits per heavy atom. The fraction of sp³-hybridized carbons (Fsp3) is 0.550. The van der Waals surface area contributed by atoms with Gasteiger partial charge in [-0.15, -0.1) is 0 Å². The van der Waals surface area contributed by atoms with E-state index in [2.05, 4.69) is 22.0 Å². The number of ether oxygens (including phenoxy) is 1. The van der Waals surface area contributed by atoms with Crippen LogP contribution in [0.2, 0.25) is 0 Å². The number of benzene rings is 1. The van der Waals surface area contributed by atoms with Crippen LogP contribution in [0.15, 0.2) is 34.9 Å². The fourth-order valence-corrected chi connectivity index (χ4v) is 3.75. The van der Waals surface area contributed by atoms with E-state index in [4.69, 9.17) is 9.26 Å². The molecule has 0 spiro atoms. The quantitative estimate of drug-likeness (QED) is 0.805. The van der Waals surface area contributed by atoms with E-state index in [1.165, 1.54) is 0 Å². The molecule has 27 heavy (non-hydrogen) atoms. The van der Waals surface area contributed by atoms with Crippen molar-refractivity contribution < 1.29 is 14.1 Å². The first kappa shape index (κ1) is 18.1. The number of rotatable bonds is 5. The van der Waals surface area contributed by atoms with Gasteiger partial charge in [-0.3, -0.25) is 9.69 Å². The molecule has 144 valence electrons. The van der Waals surface area contributed by atoms with Crippen molar-refractivity contribution in [2.45, 2.75) is 38.3 Å². The molecular weight excluding hydrogens is 344 g/mol. The summed E-state index contributed by atoms with van der Waals surface area (Å²) in [6.07, 6.45) is 2.70. The molecule has 0 saturated carbocycles. The van der Waals surface area contributed by atoms with Crippen LogP contribution in [0.4, 0.5) is 0 Å². The first-order valence-electron chi connectivity index (χ1n) is 9.73. The number of carbonyl (C=O) groups is 1. The minimum Gasteiger partial charge on any atom is -0.378 e. The lowest BCUT2D eigenvalue weighted by molar-refractivity contribution is -0.135. The molecule has 3 heterocycles. The Morgan fingerprint density at radius 2 is 2.00 bits per heavy atom. The van der Waals surface area contributed by atoms with Crippen molar-refractivity contribution >= 4 is 5.91 Å². The van der Waals surface area contributed by atoms with Gasteiger partial charge in [0.15, 0.2) is 0 Å². The second-order valence-corrected chi connectivity index (χ2v) is 7.25. The number of amides is 1. The van der Waals surface area contributed by atoms with Crippen LogP contribution >= 0.6 is 0 Å². The van der Waals surface area contributed by atoms with Crippen molar-refractivity contribution in [2.75, 3.05) is 32.8 Å². The minimum absolute atomic E-state index is 0.0328. The maximum absolute atomic E-state index is 12.4. The Kier molecular flexibility index (Phi) is 5.50. The number of piperazine rings is 1. The summed E-state index contributed by atoms with van der Waals surface area (Å²) in [5.41, 5.74) is 0.948. The molecule has 2 fully saturated rings. The summed E-state index contributed by atoms with van der Waals surface area (Å²) in [5.74, 6) is 1.44. The third-order valence-corrected chi connectivity index (χ3v) is 5.47. The smallest absolute Gasteiger partial charge is 0.244 e. The number of nitrogens with zero attached hydrogens (tertiary/aromatic N) is 4. The normalized spacial score (nSPS) is 22.1. The average molecular weight is 370 g/mol. The van der Waals surface area contributed by atoms with Crippen LogP contribution in [-0.4, -0.2) is 64.7 Å². The molecule has 2 saturated heterocycles. The molecule has 7 nitrogen and oxygen atoms in total. The molecule has 0 bridgehead atoms. The molecule has 7 heteroatoms. The lowest BCUT2D eigenvalue weighted by Crippen LogP contribution is -2.49. The van der Waals surface area contributed by atoms with Crippen molar-refractivity contribution in [3.05, 3.63) is 36.2 Å². The highest BCUT2D eigenvalue weighted by atomic mass is 16.5. The van der Waals surface area contributed by atoms with E-state index < -0.39 is 0 Å². The van der Waals surface area contributed by atoms with Crippen molar-refractivity contribution in [3.8, 4) is 11.4 Å². The van der Waals surface area contributed by atoms with Gasteiger partial charge < -0.3 is 14.2 Å². The summed E-state index contributed by atoms with van der Waals surface area (Å²) >= 11 is 0. The van der Waals surface area contributed by atoms with Gasteiger partial charge in [0.05, 0.1) is 18.6 Å². The van der Waals surface area contributed by atoms with Crippen LogP contribution in [0.5, 0.6) is 0 Å². The van der Waals surface area contributed by atoms with Gasteiger partial charge in [0.25, 0.3) is 0 Å². The highest BCUT2D eigenvalue weighted by Crippen LogP contribution is 2.24. The summed E-state index contributed by atoms with van der Waals surface area (Å²) in [6.45, 7) is 5.94. The predicted molar refractivity (Wildman–Crippen MR) is 99.9 cm³/mol. The second-order valence-electron chi connectivity index (χ2n) is 7.25. The highest BCUT2D eigenvalue weighted by Gasteiger charge is 2.29. The first-order valence-corrected chi connectivity index (χ1v) is 9.73. The molecule has 2 atom stereocenters. The monoisotopic (exact) mass is 370 g/mol. The lowest BCUT2D eigenvalue weighted by Gasteiger charge is -2.37. The van der Waals surface area contributed by atoms with Gasteiger partial charge in [-0.25, -0.2) is 0 Å². The summed E-state index contributed by atoms with van der Waals surface area (Å²) in [6, 6.07) is 9.86. The maximum Gasteiger partial charge on any atom is 0.244 e. The zero-order chi connectivity index (χ0) is 18.6. The average Bonchev–Trinajstić information content (AvgIpc) is 3.40. The van der Waals surface area contributed by atoms with Gasteiger partial charge in [-0.2, -0.15) is 4.98 Å². The molecule has 1 aromatic carbocycles. The number of hydrogen-bond acceptors (Lipinski definition) is 6. The molecule has 0 aliphatic carbocycles. The van der Waals surface area contributed by atoms with Crippen LogP contribution in [0.3, 0.4) is 0 Å². The van der Waals surface area contributed by atoms with Crippen LogP contribution in [-0.2, 0) is 9.53 Å². The topological polar surface area (TPSA) is 71.7 Å². The van der Waals surface area contributed by atoms with Crippen LogP contribution in [0.25, 0.3) is 11.4 Å². The first-order chi connectivity index (χ1) is 13.2. The summed E-state index contributed by atoms with van der Waals surface area (Å²) < 4.78 is 11.1. The van der Waals surface area contributed by atoms with Crippen LogP contribution in [0, 0.1) is 0 Å². The number of hydrogen-bond donors (Lipinski definition) is 0. The predicted octanol–water partition coefficient (Wildman–Crippen LogP) is 2.51. The summed E-state index contributed by atoms with van der Waals surface area (Å²) in [4.78, 5) is 21.3. The molecule has 4 rings (SSSR count). The Labute approximate surface area is 159 Å². The fourth-order valence-electron chi connectivity index (χ4n) is 3.75. The SMILES string of the molecule is CC(c1nc(-c2ccccc2)no1)N1CCN(C(=O)CC2CCCO2)CC1. The van der Waals surface area contributed by atoms with Crippen molar-refractivity contribution in [3.63, 3.8) is 0 Å². The Balaban J connectivity index is 1.31. The number of aromatic nitrogens is 2. The molecule has 1 amide bonds. The molecular formula is C20H26N4O3. The van der Waals surface area contributed by atoms with Gasteiger partial charge in [-0.1, -0.05) is 35.5 Å². The molecule has 2 aliphatic heterocycles. The largest absolute Gasteiger partial charge is 0.378 e. The Hall–Kier alpha value is -2.25. The van der Waals surface area contributed by atoms with E-state index in [0.717, 1.165) is 51.2 Å². The summed E-state index contributed by atoms with van der Waals surface area (Å²) in [5, 5.41) is 4.11. The second kappa shape index (κ2) is 8.19. The van der Waals surface area contributed by atoms with Gasteiger partial charge >= 0.3 is 0 Å². The molecule has 0 N–H and O–H groups in total. The van der Waals surface area contributed by atoms with E-state index in [-0.39, 0.29) is 18.1 Å². The molecule has 0 radical (unpaired) electrons. The van der Waals surface area contributed by atoms with Gasteiger partial charge in [-0.05, 0) is 19.8 Å². The van der Waals surface area contributed by atoms with E-state index in [9.17, 15) is 4.79 Å². The van der Waals surface area contributed by atoms with Crippen molar-refractivity contribution in [2.24, 2.45) is 0 Å². The molecule has 2 unspecified atom stereocenters. The van der Waals surface area contributed by atoms with E-state index in [1.807, 2.05) is 35.2 Å².